The van der Waals surface area contributed by atoms with Crippen LogP contribution in [0.2, 0.25) is 0 Å². The fourth-order valence-electron chi connectivity index (χ4n) is 1.75. The predicted octanol–water partition coefficient (Wildman–Crippen LogP) is 2.19. The molecule has 0 amide bonds. The first-order chi connectivity index (χ1) is 9.54. The minimum absolute atomic E-state index is 0. The maximum Gasteiger partial charge on any atom is 2.00 e. The number of carbonyl (C=O) groups excluding carboxylic acids is 2. The van der Waals surface area contributed by atoms with Crippen molar-refractivity contribution in [1.29, 1.82) is 0 Å². The van der Waals surface area contributed by atoms with Gasteiger partial charge in [-0.2, -0.15) is 0 Å². The molecule has 125 valence electrons. The summed E-state index contributed by atoms with van der Waals surface area (Å²) in [5, 5.41) is 19.8. The van der Waals surface area contributed by atoms with Crippen LogP contribution in [-0.4, -0.2) is 11.9 Å². The van der Waals surface area contributed by atoms with Crippen molar-refractivity contribution in [2.24, 2.45) is 0 Å². The Morgan fingerprint density at radius 3 is 1.14 bits per heavy atom. The zero-order valence-electron chi connectivity index (χ0n) is 13.5. The van der Waals surface area contributed by atoms with Gasteiger partial charge in [-0.15, -0.1) is 0 Å². The van der Waals surface area contributed by atoms with Gasteiger partial charge < -0.3 is 19.8 Å². The van der Waals surface area contributed by atoms with Crippen LogP contribution in [-0.2, 0) is 26.7 Å². The van der Waals surface area contributed by atoms with Gasteiger partial charge in [-0.25, -0.2) is 0 Å². The van der Waals surface area contributed by atoms with Crippen LogP contribution < -0.4 is 10.2 Å². The molecule has 0 heterocycles. The summed E-state index contributed by atoms with van der Waals surface area (Å²) in [6, 6.07) is 0. The van der Waals surface area contributed by atoms with Crippen molar-refractivity contribution < 1.29 is 36.9 Å². The summed E-state index contributed by atoms with van der Waals surface area (Å²) in [5.74, 6) is -1.84. The monoisotopic (exact) mass is 341 g/mol. The summed E-state index contributed by atoms with van der Waals surface area (Å²) in [6.07, 6.45) is 11.2. The minimum Gasteiger partial charge on any atom is -0.550 e. The number of aliphatic carboxylic acids is 2. The number of hydrogen-bond acceptors (Lipinski definition) is 4. The molecule has 0 saturated heterocycles. The summed E-state index contributed by atoms with van der Waals surface area (Å²) >= 11 is 0. The molecule has 0 saturated carbocycles. The molecule has 1 radical (unpaired) electrons. The van der Waals surface area contributed by atoms with Crippen LogP contribution in [0.15, 0.2) is 0 Å². The molecule has 5 heteroatoms. The van der Waals surface area contributed by atoms with Gasteiger partial charge in [-0.1, -0.05) is 65.2 Å². The number of hydrogen-bond donors (Lipinski definition) is 0. The average molecular weight is 341 g/mol. The van der Waals surface area contributed by atoms with E-state index in [1.54, 1.807) is 0 Å². The van der Waals surface area contributed by atoms with Gasteiger partial charge in [-0.3, -0.25) is 0 Å². The fraction of sp³-hybridized carbons (Fsp3) is 0.875. The van der Waals surface area contributed by atoms with Gasteiger partial charge in [-0.05, 0) is 25.7 Å². The van der Waals surface area contributed by atoms with Crippen LogP contribution in [0.1, 0.15) is 90.9 Å². The van der Waals surface area contributed by atoms with Crippen molar-refractivity contribution >= 4 is 11.9 Å². The molecule has 0 rings (SSSR count). The van der Waals surface area contributed by atoms with Gasteiger partial charge in [0.25, 0.3) is 0 Å². The summed E-state index contributed by atoms with van der Waals surface area (Å²) in [6.45, 7) is 4.28. The van der Waals surface area contributed by atoms with E-state index in [0.717, 1.165) is 38.5 Å². The zero-order valence-corrected chi connectivity index (χ0v) is 14.7. The van der Waals surface area contributed by atoms with Crippen molar-refractivity contribution in [2.45, 2.75) is 90.9 Å². The van der Waals surface area contributed by atoms with Gasteiger partial charge in [0.05, 0.1) is 0 Å². The first kappa shape index (κ1) is 25.4. The van der Waals surface area contributed by atoms with Gasteiger partial charge >= 0.3 is 17.1 Å². The third-order valence-electron chi connectivity index (χ3n) is 2.97. The average Bonchev–Trinajstić information content (AvgIpc) is 2.38. The van der Waals surface area contributed by atoms with E-state index in [1.807, 2.05) is 0 Å². The Balaban J connectivity index is -0.000000295. The first-order valence-corrected chi connectivity index (χ1v) is 7.94. The summed E-state index contributed by atoms with van der Waals surface area (Å²) < 4.78 is 0. The van der Waals surface area contributed by atoms with Crippen molar-refractivity contribution in [3.8, 4) is 0 Å². The molecule has 0 aromatic heterocycles. The molecule has 0 aliphatic carbocycles. The number of carboxylic acids is 2. The van der Waals surface area contributed by atoms with Gasteiger partial charge in [0.2, 0.25) is 0 Å². The Hall–Kier alpha value is -0.541. The molecule has 4 nitrogen and oxygen atoms in total. The number of unbranched alkanes of at least 4 members (excludes halogenated alkanes) is 8. The largest absolute Gasteiger partial charge is 2.00 e. The van der Waals surface area contributed by atoms with Crippen LogP contribution in [0.25, 0.3) is 0 Å². The topological polar surface area (TPSA) is 80.3 Å². The molecule has 0 aromatic carbocycles. The van der Waals surface area contributed by atoms with E-state index in [-0.39, 0.29) is 29.9 Å². The zero-order chi connectivity index (χ0) is 15.6. The minimum atomic E-state index is -0.920. The molecule has 0 atom stereocenters. The molecule has 0 aliphatic rings. The Labute approximate surface area is 140 Å². The normalized spacial score (nSPS) is 9.24. The third-order valence-corrected chi connectivity index (χ3v) is 2.97. The van der Waals surface area contributed by atoms with Crippen molar-refractivity contribution in [3.63, 3.8) is 0 Å². The van der Waals surface area contributed by atoms with Crippen molar-refractivity contribution in [3.05, 3.63) is 0 Å². The van der Waals surface area contributed by atoms with E-state index in [0.29, 0.717) is 0 Å². The van der Waals surface area contributed by atoms with E-state index in [2.05, 4.69) is 13.8 Å². The quantitative estimate of drug-likeness (QED) is 0.402. The summed E-state index contributed by atoms with van der Waals surface area (Å²) in [4.78, 5) is 19.8. The Bertz CT molecular complexity index is 208. The van der Waals surface area contributed by atoms with E-state index in [9.17, 15) is 19.8 Å². The van der Waals surface area contributed by atoms with Gasteiger partial charge in [0.1, 0.15) is 0 Å². The Kier molecular flexibility index (Phi) is 26.3. The first-order valence-electron chi connectivity index (χ1n) is 7.94. The van der Waals surface area contributed by atoms with Gasteiger partial charge in [0.15, 0.2) is 0 Å². The van der Waals surface area contributed by atoms with Crippen LogP contribution in [0, 0.1) is 0 Å². The molecule has 0 unspecified atom stereocenters. The molecule has 21 heavy (non-hydrogen) atoms. The van der Waals surface area contributed by atoms with Crippen LogP contribution in [0.5, 0.6) is 0 Å². The second-order valence-corrected chi connectivity index (χ2v) is 5.07. The molecule has 0 N–H and O–H groups in total. The van der Waals surface area contributed by atoms with E-state index < -0.39 is 11.9 Å². The molecule has 0 aliphatic heterocycles. The third kappa shape index (κ3) is 32.7. The number of carbonyl (C=O) groups is 2. The molecule has 0 fully saturated rings. The SMILES string of the molecule is CCCCCCCC(=O)[O-].CCCCCCCC(=O)[O-].[Mn+2]. The van der Waals surface area contributed by atoms with Crippen LogP contribution >= 0.6 is 0 Å². The summed E-state index contributed by atoms with van der Waals surface area (Å²) in [5.41, 5.74) is 0. The molecule has 0 spiro atoms. The second kappa shape index (κ2) is 21.8. The summed E-state index contributed by atoms with van der Waals surface area (Å²) in [7, 11) is 0. The molecular formula is C16H30MnO4. The Morgan fingerprint density at radius 1 is 0.619 bits per heavy atom. The van der Waals surface area contributed by atoms with Gasteiger partial charge in [0, 0.05) is 11.9 Å². The van der Waals surface area contributed by atoms with E-state index in [4.69, 9.17) is 0 Å². The molecular weight excluding hydrogens is 311 g/mol. The second-order valence-electron chi connectivity index (χ2n) is 5.07. The molecule has 0 bridgehead atoms. The van der Waals surface area contributed by atoms with Crippen LogP contribution in [0.3, 0.4) is 0 Å². The fourth-order valence-corrected chi connectivity index (χ4v) is 1.75. The molecule has 0 aromatic rings. The van der Waals surface area contributed by atoms with Crippen molar-refractivity contribution in [1.82, 2.24) is 0 Å². The van der Waals surface area contributed by atoms with Crippen molar-refractivity contribution in [2.75, 3.05) is 0 Å². The van der Waals surface area contributed by atoms with E-state index >= 15 is 0 Å². The van der Waals surface area contributed by atoms with E-state index in [1.165, 1.54) is 25.7 Å². The Morgan fingerprint density at radius 2 is 0.905 bits per heavy atom. The number of rotatable bonds is 12. The van der Waals surface area contributed by atoms with Crippen LogP contribution in [0.4, 0.5) is 0 Å². The maximum absolute atomic E-state index is 9.92. The number of carboxylic acid groups (broad SMARTS) is 2. The predicted molar refractivity (Wildman–Crippen MR) is 76.8 cm³/mol. The standard InChI is InChI=1S/2C8H16O2.Mn/c2*1-2-3-4-5-6-7-8(9)10;/h2*2-7H2,1H3,(H,9,10);/q;;+2/p-2. The smallest absolute Gasteiger partial charge is 0.550 e. The maximum atomic E-state index is 9.92.